The van der Waals surface area contributed by atoms with E-state index in [1.54, 1.807) is 0 Å². The van der Waals surface area contributed by atoms with Crippen molar-refractivity contribution in [1.29, 1.82) is 0 Å². The molecule has 1 aromatic heterocycles. The topological polar surface area (TPSA) is 122 Å². The van der Waals surface area contributed by atoms with Gasteiger partial charge >= 0.3 is 0 Å². The number of amides is 1. The Bertz CT molecular complexity index is 723. The maximum atomic E-state index is 13.0. The van der Waals surface area contributed by atoms with Crippen LogP contribution in [-0.4, -0.2) is 57.8 Å². The molecule has 0 saturated heterocycles. The Balaban J connectivity index is 1.58. The number of hydrogen-bond acceptors (Lipinski definition) is 7. The second-order valence-electron chi connectivity index (χ2n) is 8.48. The molecule has 0 aliphatic heterocycles. The van der Waals surface area contributed by atoms with Crippen molar-refractivity contribution in [2.45, 2.75) is 88.5 Å². The molecule has 0 bridgehead atoms. The van der Waals surface area contributed by atoms with E-state index in [0.717, 1.165) is 39.0 Å². The van der Waals surface area contributed by atoms with E-state index < -0.39 is 18.4 Å². The van der Waals surface area contributed by atoms with Gasteiger partial charge in [0.1, 0.15) is 12.4 Å². The number of primary amides is 1. The number of halogens is 2. The predicted octanol–water partition coefficient (Wildman–Crippen LogP) is 2.69. The third kappa shape index (κ3) is 6.73. The van der Waals surface area contributed by atoms with Crippen LogP contribution in [0.4, 0.5) is 20.5 Å². The molecule has 3 rings (SSSR count). The number of aromatic nitrogens is 2. The van der Waals surface area contributed by atoms with E-state index in [9.17, 15) is 18.7 Å². The molecule has 2 aliphatic carbocycles. The number of aliphatic hydroxyl groups is 1. The number of rotatable bonds is 8. The van der Waals surface area contributed by atoms with Crippen LogP contribution in [0.2, 0.25) is 0 Å². The van der Waals surface area contributed by atoms with E-state index >= 15 is 0 Å². The van der Waals surface area contributed by atoms with Crippen LogP contribution >= 0.6 is 0 Å². The quantitative estimate of drug-likeness (QED) is 0.503. The minimum absolute atomic E-state index is 0.0129. The molecule has 2 fully saturated rings. The van der Waals surface area contributed by atoms with Crippen molar-refractivity contribution in [2.75, 3.05) is 17.2 Å². The molecule has 2 atom stereocenters. The minimum Gasteiger partial charge on any atom is -0.393 e. The molecule has 30 heavy (non-hydrogen) atoms. The van der Waals surface area contributed by atoms with Gasteiger partial charge in [-0.1, -0.05) is 0 Å². The van der Waals surface area contributed by atoms with Crippen LogP contribution in [0.15, 0.2) is 6.20 Å². The molecule has 168 valence electrons. The number of nitrogens with zero attached hydrogens (tertiary/aromatic N) is 2. The van der Waals surface area contributed by atoms with Gasteiger partial charge in [0.2, 0.25) is 5.95 Å². The number of aliphatic hydroxyl groups excluding tert-OH is 1. The summed E-state index contributed by atoms with van der Waals surface area (Å²) in [5.41, 5.74) is 5.67. The highest BCUT2D eigenvalue weighted by Gasteiger charge is 2.28. The summed E-state index contributed by atoms with van der Waals surface area (Å²) in [4.78, 5) is 20.4. The van der Waals surface area contributed by atoms with Gasteiger partial charge in [-0.05, 0) is 51.4 Å². The summed E-state index contributed by atoms with van der Waals surface area (Å²) < 4.78 is 31.2. The molecule has 1 aromatic rings. The fraction of sp³-hybridized carbons (Fsp3) is 0.750. The van der Waals surface area contributed by atoms with Gasteiger partial charge in [0, 0.05) is 25.2 Å². The Morgan fingerprint density at radius 3 is 2.60 bits per heavy atom. The fourth-order valence-corrected chi connectivity index (χ4v) is 4.05. The maximum Gasteiger partial charge on any atom is 0.268 e. The molecule has 0 radical (unpaired) electrons. The highest BCUT2D eigenvalue weighted by atomic mass is 19.3. The van der Waals surface area contributed by atoms with Crippen molar-refractivity contribution < 1.29 is 23.4 Å². The van der Waals surface area contributed by atoms with Crippen LogP contribution in [-0.2, 0) is 4.74 Å². The molecule has 0 unspecified atom stereocenters. The summed E-state index contributed by atoms with van der Waals surface area (Å²) in [5, 5.41) is 16.4. The Kier molecular flexibility index (Phi) is 7.41. The van der Waals surface area contributed by atoms with Gasteiger partial charge in [0.25, 0.3) is 11.8 Å². The summed E-state index contributed by atoms with van der Waals surface area (Å²) in [6.45, 7) is 0.297. The minimum atomic E-state index is -2.82. The zero-order chi connectivity index (χ0) is 21.7. The fourth-order valence-electron chi connectivity index (χ4n) is 4.05. The van der Waals surface area contributed by atoms with Crippen LogP contribution < -0.4 is 16.4 Å². The molecule has 2 aliphatic rings. The standard InChI is InChI=1S/C20H31F2N5O3/c1-20(21,22)11-30-15-7-5-12(6-8-15)26-19-24-10-16(17(23)29)18(27-19)25-13-3-2-4-14(28)9-13/h10,12-15,28H,2-9,11H2,1H3,(H2,23,29)(H2,24,25,26,27)/t12-,13-,14+,15+/m1/s1. The van der Waals surface area contributed by atoms with E-state index in [4.69, 9.17) is 10.5 Å². The SMILES string of the molecule is CC(F)(F)CO[C@H]1CC[C@@H](Nc2ncc(C(N)=O)c(N[C@@H]3CCC[C@H](O)C3)n2)CC1. The maximum absolute atomic E-state index is 13.0. The molecule has 1 heterocycles. The van der Waals surface area contributed by atoms with Crippen molar-refractivity contribution in [1.82, 2.24) is 9.97 Å². The largest absolute Gasteiger partial charge is 0.393 e. The van der Waals surface area contributed by atoms with Gasteiger partial charge in [-0.2, -0.15) is 4.98 Å². The smallest absolute Gasteiger partial charge is 0.268 e. The highest BCUT2D eigenvalue weighted by molar-refractivity contribution is 5.97. The van der Waals surface area contributed by atoms with Gasteiger partial charge in [0.05, 0.1) is 17.8 Å². The Hall–Kier alpha value is -2.07. The van der Waals surface area contributed by atoms with E-state index in [-0.39, 0.29) is 29.9 Å². The average molecular weight is 427 g/mol. The van der Waals surface area contributed by atoms with Gasteiger partial charge in [-0.25, -0.2) is 13.8 Å². The van der Waals surface area contributed by atoms with Crippen LogP contribution in [0, 0.1) is 0 Å². The highest BCUT2D eigenvalue weighted by Crippen LogP contribution is 2.27. The van der Waals surface area contributed by atoms with Gasteiger partial charge in [-0.3, -0.25) is 4.79 Å². The van der Waals surface area contributed by atoms with Crippen molar-refractivity contribution in [3.8, 4) is 0 Å². The zero-order valence-electron chi connectivity index (χ0n) is 17.2. The molecule has 0 spiro atoms. The first-order valence-corrected chi connectivity index (χ1v) is 10.6. The molecule has 0 aromatic carbocycles. The first-order valence-electron chi connectivity index (χ1n) is 10.6. The Morgan fingerprint density at radius 1 is 1.23 bits per heavy atom. The van der Waals surface area contributed by atoms with Crippen molar-refractivity contribution in [3.05, 3.63) is 11.8 Å². The Morgan fingerprint density at radius 2 is 1.97 bits per heavy atom. The first-order chi connectivity index (χ1) is 14.2. The second kappa shape index (κ2) is 9.82. The number of carbonyl (C=O) groups excluding carboxylic acids is 1. The van der Waals surface area contributed by atoms with Crippen molar-refractivity contribution >= 4 is 17.7 Å². The van der Waals surface area contributed by atoms with Crippen LogP contribution in [0.1, 0.15) is 68.6 Å². The summed E-state index contributed by atoms with van der Waals surface area (Å²) in [6, 6.07) is 0.106. The third-order valence-electron chi connectivity index (χ3n) is 5.62. The lowest BCUT2D eigenvalue weighted by atomic mass is 9.93. The van der Waals surface area contributed by atoms with Gasteiger partial charge < -0.3 is 26.2 Å². The molecule has 1 amide bonds. The van der Waals surface area contributed by atoms with Crippen molar-refractivity contribution in [2.24, 2.45) is 5.73 Å². The Labute approximate surface area is 175 Å². The number of alkyl halides is 2. The summed E-state index contributed by atoms with van der Waals surface area (Å²) >= 11 is 0. The summed E-state index contributed by atoms with van der Waals surface area (Å²) in [5.74, 6) is -2.70. The number of carbonyl (C=O) groups is 1. The molecule has 10 heteroatoms. The molecule has 2 saturated carbocycles. The van der Waals surface area contributed by atoms with Crippen LogP contribution in [0.25, 0.3) is 0 Å². The zero-order valence-corrected chi connectivity index (χ0v) is 17.2. The van der Waals surface area contributed by atoms with E-state index in [2.05, 4.69) is 20.6 Å². The molecular weight excluding hydrogens is 396 g/mol. The molecule has 8 nitrogen and oxygen atoms in total. The lowest BCUT2D eigenvalue weighted by molar-refractivity contribution is -0.0943. The third-order valence-corrected chi connectivity index (χ3v) is 5.62. The van der Waals surface area contributed by atoms with Gasteiger partial charge in [0.15, 0.2) is 0 Å². The summed E-state index contributed by atoms with van der Waals surface area (Å²) in [7, 11) is 0. The average Bonchev–Trinajstić information content (AvgIpc) is 2.67. The number of hydrogen-bond donors (Lipinski definition) is 4. The molecular formula is C20H31F2N5O3. The monoisotopic (exact) mass is 427 g/mol. The first kappa shape index (κ1) is 22.6. The number of nitrogens with one attached hydrogen (secondary N) is 2. The van der Waals surface area contributed by atoms with Crippen LogP contribution in [0.5, 0.6) is 0 Å². The normalized spacial score (nSPS) is 27.5. The van der Waals surface area contributed by atoms with E-state index in [0.29, 0.717) is 31.0 Å². The predicted molar refractivity (Wildman–Crippen MR) is 109 cm³/mol. The van der Waals surface area contributed by atoms with E-state index in [1.165, 1.54) is 6.20 Å². The van der Waals surface area contributed by atoms with Gasteiger partial charge in [-0.15, -0.1) is 0 Å². The lowest BCUT2D eigenvalue weighted by Gasteiger charge is -2.30. The number of ether oxygens (including phenoxy) is 1. The second-order valence-corrected chi connectivity index (χ2v) is 8.48. The number of nitrogens with two attached hydrogens (primary N) is 1. The van der Waals surface area contributed by atoms with Crippen molar-refractivity contribution in [3.63, 3.8) is 0 Å². The number of anilines is 2. The van der Waals surface area contributed by atoms with E-state index in [1.807, 2.05) is 0 Å². The summed E-state index contributed by atoms with van der Waals surface area (Å²) in [6.07, 6.45) is 6.87. The van der Waals surface area contributed by atoms with Crippen LogP contribution in [0.3, 0.4) is 0 Å². The molecule has 5 N–H and O–H groups in total. The lowest BCUT2D eigenvalue weighted by Crippen LogP contribution is -2.33.